The maximum Gasteiger partial charge on any atom is 0.246 e. The van der Waals surface area contributed by atoms with E-state index in [9.17, 15) is 4.79 Å². The van der Waals surface area contributed by atoms with E-state index >= 15 is 0 Å². The lowest BCUT2D eigenvalue weighted by molar-refractivity contribution is -0.127. The van der Waals surface area contributed by atoms with Crippen LogP contribution in [0.4, 0.5) is 17.3 Å². The lowest BCUT2D eigenvalue weighted by Crippen LogP contribution is -2.49. The molecule has 1 aromatic heterocycles. The molecule has 6 bridgehead atoms. The van der Waals surface area contributed by atoms with E-state index in [4.69, 9.17) is 9.72 Å². The van der Waals surface area contributed by atoms with Crippen LogP contribution in [0, 0.1) is 0 Å². The van der Waals surface area contributed by atoms with Gasteiger partial charge in [0.15, 0.2) is 0 Å². The molecule has 3 heterocycles. The molecule has 3 N–H and O–H groups in total. The van der Waals surface area contributed by atoms with E-state index < -0.39 is 0 Å². The van der Waals surface area contributed by atoms with E-state index in [0.717, 1.165) is 92.7 Å². The van der Waals surface area contributed by atoms with Gasteiger partial charge in [0.05, 0.1) is 12.3 Å². The number of amides is 1. The van der Waals surface area contributed by atoms with Gasteiger partial charge in [-0.05, 0) is 54.5 Å². The fourth-order valence-electron chi connectivity index (χ4n) is 4.85. The molecule has 0 radical (unpaired) electrons. The Morgan fingerprint density at radius 3 is 2.88 bits per heavy atom. The molecule has 1 saturated heterocycles. The summed E-state index contributed by atoms with van der Waals surface area (Å²) in [5.41, 5.74) is 4.92. The summed E-state index contributed by atoms with van der Waals surface area (Å²) in [5, 5.41) is 10.5. The normalized spacial score (nSPS) is 16.9. The number of nitrogens with one attached hydrogen (secondary N) is 3. The predicted octanol–water partition coefficient (Wildman–Crippen LogP) is 4.06. The van der Waals surface area contributed by atoms with Crippen LogP contribution >= 0.6 is 0 Å². The van der Waals surface area contributed by atoms with E-state index in [1.165, 1.54) is 6.08 Å². The second kappa shape index (κ2) is 13.7. The third-order valence-corrected chi connectivity index (χ3v) is 6.96. The Labute approximate surface area is 236 Å². The molecule has 1 amide bonds. The lowest BCUT2D eigenvalue weighted by Gasteiger charge is -2.34. The number of hydrogen-bond acceptors (Lipinski definition) is 8. The number of anilines is 3. The van der Waals surface area contributed by atoms with Gasteiger partial charge >= 0.3 is 0 Å². The highest BCUT2D eigenvalue weighted by atomic mass is 16.5. The van der Waals surface area contributed by atoms with Crippen molar-refractivity contribution in [3.05, 3.63) is 85.1 Å². The summed E-state index contributed by atoms with van der Waals surface area (Å²) in [5.74, 6) is 1.38. The van der Waals surface area contributed by atoms with Gasteiger partial charge in [-0.15, -0.1) is 0 Å². The topological polar surface area (TPSA) is 94.7 Å². The Hall–Kier alpha value is -4.21. The standard InChI is InChI=1S/C31H37N7O2/c1-2-30(39)38-16-14-37(15-17-38)13-12-33-26-19-24-20-27(22-26)35-31-34-11-9-29(36-31)25-7-6-8-28(21-25)40-18-5-3-4-10-32-23-24/h2-4,6-9,11,19-22,32-33H,1,5,10,12-18,23H2,(H,34,35,36)/b4-3+. The third-order valence-electron chi connectivity index (χ3n) is 6.96. The smallest absolute Gasteiger partial charge is 0.246 e. The molecule has 2 aromatic carbocycles. The quantitative estimate of drug-likeness (QED) is 0.330. The Balaban J connectivity index is 1.29. The number of benzene rings is 2. The first-order chi connectivity index (χ1) is 19.7. The van der Waals surface area contributed by atoms with Crippen LogP contribution in [0.25, 0.3) is 11.3 Å². The molecule has 0 unspecified atom stereocenters. The summed E-state index contributed by atoms with van der Waals surface area (Å²) in [7, 11) is 0. The number of piperazine rings is 1. The monoisotopic (exact) mass is 539 g/mol. The average molecular weight is 540 g/mol. The van der Waals surface area contributed by atoms with Gasteiger partial charge in [-0.2, -0.15) is 0 Å². The number of nitrogens with zero attached hydrogens (tertiary/aromatic N) is 4. The molecule has 0 atom stereocenters. The Bertz CT molecular complexity index is 1330. The Kier molecular flexibility index (Phi) is 9.39. The van der Waals surface area contributed by atoms with Crippen LogP contribution in [-0.4, -0.2) is 78.1 Å². The molecule has 1 fully saturated rings. The van der Waals surface area contributed by atoms with Crippen molar-refractivity contribution in [3.63, 3.8) is 0 Å². The van der Waals surface area contributed by atoms with Gasteiger partial charge in [0, 0.05) is 75.5 Å². The summed E-state index contributed by atoms with van der Waals surface area (Å²) in [6.45, 7) is 10.7. The van der Waals surface area contributed by atoms with E-state index in [2.05, 4.69) is 62.8 Å². The highest BCUT2D eigenvalue weighted by molar-refractivity contribution is 5.87. The number of fused-ring (bicyclic) bond motifs is 7. The number of aromatic nitrogens is 2. The molecule has 0 saturated carbocycles. The largest absolute Gasteiger partial charge is 0.493 e. The number of rotatable bonds is 5. The molecule has 208 valence electrons. The first-order valence-electron chi connectivity index (χ1n) is 13.9. The van der Waals surface area contributed by atoms with Gasteiger partial charge < -0.3 is 25.6 Å². The Morgan fingerprint density at radius 2 is 2.00 bits per heavy atom. The minimum atomic E-state index is 0.0130. The van der Waals surface area contributed by atoms with Crippen LogP contribution in [0.5, 0.6) is 5.75 Å². The number of carbonyl (C=O) groups excluding carboxylic acids is 1. The van der Waals surface area contributed by atoms with Crippen LogP contribution in [0.2, 0.25) is 0 Å². The maximum absolute atomic E-state index is 11.8. The number of ether oxygens (including phenoxy) is 1. The van der Waals surface area contributed by atoms with Gasteiger partial charge in [0.25, 0.3) is 0 Å². The lowest BCUT2D eigenvalue weighted by atomic mass is 10.1. The van der Waals surface area contributed by atoms with E-state index in [1.54, 1.807) is 6.20 Å². The molecule has 0 aliphatic carbocycles. The van der Waals surface area contributed by atoms with Crippen molar-refractivity contribution in [2.45, 2.75) is 13.0 Å². The zero-order valence-electron chi connectivity index (χ0n) is 22.8. The van der Waals surface area contributed by atoms with Gasteiger partial charge in [0.1, 0.15) is 5.75 Å². The van der Waals surface area contributed by atoms with Crippen molar-refractivity contribution < 1.29 is 9.53 Å². The minimum absolute atomic E-state index is 0.0130. The first-order valence-corrected chi connectivity index (χ1v) is 13.9. The van der Waals surface area contributed by atoms with Crippen molar-refractivity contribution in [2.75, 3.05) is 63.1 Å². The molecule has 9 heteroatoms. The Morgan fingerprint density at radius 1 is 1.10 bits per heavy atom. The van der Waals surface area contributed by atoms with E-state index in [0.29, 0.717) is 12.6 Å². The SMILES string of the molecule is C=CC(=O)N1CCN(CCNc2cc3cc(c2)Nc2nccc(n2)-c2cccc(c2)OCC/C=C/CNC3)CC1. The van der Waals surface area contributed by atoms with Crippen molar-refractivity contribution in [3.8, 4) is 17.0 Å². The molecule has 3 aromatic rings. The average Bonchev–Trinajstić information content (AvgIpc) is 2.98. The van der Waals surface area contributed by atoms with Crippen molar-refractivity contribution in [2.24, 2.45) is 0 Å². The molecular formula is C31H37N7O2. The van der Waals surface area contributed by atoms with Gasteiger partial charge in [0.2, 0.25) is 11.9 Å². The van der Waals surface area contributed by atoms with E-state index in [1.807, 2.05) is 35.2 Å². The summed E-state index contributed by atoms with van der Waals surface area (Å²) >= 11 is 0. The number of carbonyl (C=O) groups is 1. The minimum Gasteiger partial charge on any atom is -0.493 e. The van der Waals surface area contributed by atoms with Crippen molar-refractivity contribution in [1.82, 2.24) is 25.1 Å². The highest BCUT2D eigenvalue weighted by Gasteiger charge is 2.18. The van der Waals surface area contributed by atoms with Gasteiger partial charge in [-0.1, -0.05) is 30.9 Å². The fourth-order valence-corrected chi connectivity index (χ4v) is 4.85. The van der Waals surface area contributed by atoms with E-state index in [-0.39, 0.29) is 5.91 Å². The second-order valence-electron chi connectivity index (χ2n) is 9.87. The van der Waals surface area contributed by atoms with Crippen LogP contribution in [-0.2, 0) is 11.3 Å². The second-order valence-corrected chi connectivity index (χ2v) is 9.87. The van der Waals surface area contributed by atoms with Crippen LogP contribution in [0.15, 0.2) is 79.5 Å². The fraction of sp³-hybridized carbons (Fsp3) is 0.323. The molecule has 9 nitrogen and oxygen atoms in total. The molecular weight excluding hydrogens is 502 g/mol. The number of hydrogen-bond donors (Lipinski definition) is 3. The zero-order chi connectivity index (χ0) is 27.6. The molecule has 0 spiro atoms. The van der Waals surface area contributed by atoms with Crippen LogP contribution < -0.4 is 20.7 Å². The molecule has 5 rings (SSSR count). The summed E-state index contributed by atoms with van der Waals surface area (Å²) in [6, 6.07) is 16.3. The molecule has 2 aliphatic heterocycles. The third kappa shape index (κ3) is 7.68. The molecule has 2 aliphatic rings. The van der Waals surface area contributed by atoms with Gasteiger partial charge in [-0.3, -0.25) is 9.69 Å². The first kappa shape index (κ1) is 27.4. The van der Waals surface area contributed by atoms with Crippen molar-refractivity contribution in [1.29, 1.82) is 0 Å². The highest BCUT2D eigenvalue weighted by Crippen LogP contribution is 2.25. The van der Waals surface area contributed by atoms with Gasteiger partial charge in [-0.25, -0.2) is 9.97 Å². The zero-order valence-corrected chi connectivity index (χ0v) is 22.8. The molecule has 40 heavy (non-hydrogen) atoms. The summed E-state index contributed by atoms with van der Waals surface area (Å²) in [4.78, 5) is 25.3. The van der Waals surface area contributed by atoms with Crippen LogP contribution in [0.3, 0.4) is 0 Å². The summed E-state index contributed by atoms with van der Waals surface area (Å²) < 4.78 is 5.94. The predicted molar refractivity (Wildman–Crippen MR) is 160 cm³/mol. The summed E-state index contributed by atoms with van der Waals surface area (Å²) in [6.07, 6.45) is 8.30. The van der Waals surface area contributed by atoms with Crippen LogP contribution in [0.1, 0.15) is 12.0 Å². The maximum atomic E-state index is 11.8. The van der Waals surface area contributed by atoms with Crippen molar-refractivity contribution >= 4 is 23.2 Å².